The van der Waals surface area contributed by atoms with Gasteiger partial charge in [0.05, 0.1) is 0 Å². The second-order valence-electron chi connectivity index (χ2n) is 4.19. The summed E-state index contributed by atoms with van der Waals surface area (Å²) < 4.78 is 27.2. The molecular formula is C13H12F2NO3P. The Hall–Kier alpha value is -1.62. The fraction of sp³-hybridized carbons (Fsp3) is 0.154. The van der Waals surface area contributed by atoms with Crippen LogP contribution in [0.5, 0.6) is 0 Å². The summed E-state index contributed by atoms with van der Waals surface area (Å²) in [4.78, 5) is 29.1. The van der Waals surface area contributed by atoms with Crippen molar-refractivity contribution < 1.29 is 23.4 Å². The molecule has 0 spiro atoms. The molecule has 2 aromatic carbocycles. The first kappa shape index (κ1) is 14.8. The van der Waals surface area contributed by atoms with E-state index in [1.54, 1.807) is 12.1 Å². The maximum absolute atomic E-state index is 13.6. The first-order valence-corrected chi connectivity index (χ1v) is 6.93. The van der Waals surface area contributed by atoms with E-state index in [1.165, 1.54) is 19.2 Å². The Morgan fingerprint density at radius 3 is 2.40 bits per heavy atom. The standard InChI is InChI=1S/C13H12F2NO3P/c1-16-12(17)9-3-2-8-4-5-11(7-10(8)6-9)13(14,15)20(18)19/h2-7,18-19H,1H3,(H,16,17). The lowest BCUT2D eigenvalue weighted by Crippen LogP contribution is -2.17. The van der Waals surface area contributed by atoms with Crippen molar-refractivity contribution in [1.82, 2.24) is 5.32 Å². The third kappa shape index (κ3) is 2.63. The third-order valence-electron chi connectivity index (χ3n) is 2.93. The molecule has 106 valence electrons. The summed E-state index contributed by atoms with van der Waals surface area (Å²) >= 11 is 0. The summed E-state index contributed by atoms with van der Waals surface area (Å²) in [6, 6.07) is 8.45. The highest BCUT2D eigenvalue weighted by Crippen LogP contribution is 2.52. The van der Waals surface area contributed by atoms with Gasteiger partial charge in [0.25, 0.3) is 5.91 Å². The fourth-order valence-corrected chi connectivity index (χ4v) is 2.20. The number of carbonyl (C=O) groups excluding carboxylic acids is 1. The summed E-state index contributed by atoms with van der Waals surface area (Å²) in [7, 11) is -1.94. The fourth-order valence-electron chi connectivity index (χ4n) is 1.83. The van der Waals surface area contributed by atoms with Crippen molar-refractivity contribution in [2.45, 2.75) is 5.66 Å². The molecule has 0 atom stereocenters. The molecule has 1 amide bonds. The van der Waals surface area contributed by atoms with Crippen LogP contribution in [0, 0.1) is 0 Å². The zero-order valence-electron chi connectivity index (χ0n) is 10.5. The molecule has 0 aliphatic rings. The van der Waals surface area contributed by atoms with Gasteiger partial charge in [-0.3, -0.25) is 4.79 Å². The zero-order valence-corrected chi connectivity index (χ0v) is 11.4. The van der Waals surface area contributed by atoms with Crippen molar-refractivity contribution in [1.29, 1.82) is 0 Å². The minimum absolute atomic E-state index is 0.323. The maximum atomic E-state index is 13.6. The Morgan fingerprint density at radius 1 is 1.15 bits per heavy atom. The first-order valence-electron chi connectivity index (χ1n) is 5.68. The van der Waals surface area contributed by atoms with Crippen molar-refractivity contribution in [2.24, 2.45) is 0 Å². The Balaban J connectivity index is 2.55. The van der Waals surface area contributed by atoms with Gasteiger partial charge in [0, 0.05) is 18.2 Å². The average molecular weight is 299 g/mol. The molecular weight excluding hydrogens is 287 g/mol. The van der Waals surface area contributed by atoms with Gasteiger partial charge in [-0.2, -0.15) is 8.78 Å². The van der Waals surface area contributed by atoms with Crippen molar-refractivity contribution >= 4 is 25.1 Å². The molecule has 0 saturated carbocycles. The van der Waals surface area contributed by atoms with Gasteiger partial charge in [0.15, 0.2) is 0 Å². The molecule has 0 heterocycles. The lowest BCUT2D eigenvalue weighted by atomic mass is 10.0. The van der Waals surface area contributed by atoms with Crippen LogP contribution in [-0.2, 0) is 5.66 Å². The summed E-state index contributed by atoms with van der Waals surface area (Å²) in [5, 5.41) is 3.55. The summed E-state index contributed by atoms with van der Waals surface area (Å²) in [5.41, 5.74) is -3.85. The molecule has 0 aliphatic carbocycles. The van der Waals surface area contributed by atoms with Crippen LogP contribution < -0.4 is 5.32 Å². The lowest BCUT2D eigenvalue weighted by Gasteiger charge is -2.17. The highest BCUT2D eigenvalue weighted by Gasteiger charge is 2.40. The molecule has 0 unspecified atom stereocenters. The van der Waals surface area contributed by atoms with E-state index < -0.39 is 19.6 Å². The van der Waals surface area contributed by atoms with E-state index in [0.717, 1.165) is 12.1 Å². The number of fused-ring (bicyclic) bond motifs is 1. The topological polar surface area (TPSA) is 69.6 Å². The number of rotatable bonds is 3. The van der Waals surface area contributed by atoms with Crippen LogP contribution in [0.3, 0.4) is 0 Å². The van der Waals surface area contributed by atoms with E-state index in [4.69, 9.17) is 9.79 Å². The van der Waals surface area contributed by atoms with Crippen LogP contribution in [0.25, 0.3) is 10.8 Å². The van der Waals surface area contributed by atoms with E-state index in [0.29, 0.717) is 16.3 Å². The quantitative estimate of drug-likeness (QED) is 0.763. The number of amides is 1. The molecule has 7 heteroatoms. The number of benzene rings is 2. The third-order valence-corrected chi connectivity index (χ3v) is 3.69. The van der Waals surface area contributed by atoms with Crippen LogP contribution >= 0.6 is 8.38 Å². The number of hydrogen-bond donors (Lipinski definition) is 3. The first-order chi connectivity index (χ1) is 9.36. The minimum atomic E-state index is -3.70. The van der Waals surface area contributed by atoms with Gasteiger partial charge in [-0.25, -0.2) is 0 Å². The molecule has 2 aromatic rings. The number of hydrogen-bond acceptors (Lipinski definition) is 3. The minimum Gasteiger partial charge on any atom is -0.355 e. The van der Waals surface area contributed by atoms with Gasteiger partial charge < -0.3 is 15.1 Å². The second kappa shape index (κ2) is 5.40. The van der Waals surface area contributed by atoms with E-state index >= 15 is 0 Å². The molecule has 0 bridgehead atoms. The van der Waals surface area contributed by atoms with Crippen LogP contribution in [0.4, 0.5) is 8.78 Å². The van der Waals surface area contributed by atoms with Gasteiger partial charge in [0.2, 0.25) is 8.38 Å². The van der Waals surface area contributed by atoms with Crippen molar-refractivity contribution in [3.63, 3.8) is 0 Å². The summed E-state index contributed by atoms with van der Waals surface area (Å²) in [6.45, 7) is 0. The Morgan fingerprint density at radius 2 is 1.80 bits per heavy atom. The highest BCUT2D eigenvalue weighted by atomic mass is 31.2. The number of halogens is 2. The normalized spacial score (nSPS) is 11.9. The van der Waals surface area contributed by atoms with Crippen LogP contribution in [0.1, 0.15) is 15.9 Å². The SMILES string of the molecule is CNC(=O)c1ccc2ccc(C(F)(F)P(O)O)cc2c1. The van der Waals surface area contributed by atoms with E-state index in [9.17, 15) is 13.6 Å². The largest absolute Gasteiger partial charge is 0.355 e. The zero-order chi connectivity index (χ0) is 14.9. The van der Waals surface area contributed by atoms with E-state index in [-0.39, 0.29) is 5.91 Å². The number of alkyl halides is 2. The van der Waals surface area contributed by atoms with Crippen LogP contribution in [-0.4, -0.2) is 22.7 Å². The van der Waals surface area contributed by atoms with Gasteiger partial charge in [-0.15, -0.1) is 0 Å². The van der Waals surface area contributed by atoms with Gasteiger partial charge in [-0.1, -0.05) is 18.2 Å². The molecule has 0 fully saturated rings. The lowest BCUT2D eigenvalue weighted by molar-refractivity contribution is 0.0734. The van der Waals surface area contributed by atoms with Crippen LogP contribution in [0.2, 0.25) is 0 Å². The molecule has 0 aliphatic heterocycles. The summed E-state index contributed by atoms with van der Waals surface area (Å²) in [6.07, 6.45) is 0. The molecule has 4 nitrogen and oxygen atoms in total. The van der Waals surface area contributed by atoms with Crippen LogP contribution in [0.15, 0.2) is 36.4 Å². The highest BCUT2D eigenvalue weighted by molar-refractivity contribution is 7.46. The molecule has 20 heavy (non-hydrogen) atoms. The van der Waals surface area contributed by atoms with Gasteiger partial charge >= 0.3 is 5.66 Å². The molecule has 2 rings (SSSR count). The molecule has 0 aromatic heterocycles. The molecule has 0 saturated heterocycles. The predicted molar refractivity (Wildman–Crippen MR) is 72.6 cm³/mol. The Bertz CT molecular complexity index is 661. The molecule has 3 N–H and O–H groups in total. The summed E-state index contributed by atoms with van der Waals surface area (Å²) in [5.74, 6) is -0.323. The van der Waals surface area contributed by atoms with Crippen molar-refractivity contribution in [3.8, 4) is 0 Å². The molecule has 0 radical (unpaired) electrons. The maximum Gasteiger partial charge on any atom is 0.339 e. The second-order valence-corrected chi connectivity index (χ2v) is 5.33. The number of nitrogens with one attached hydrogen (secondary N) is 1. The predicted octanol–water partition coefficient (Wildman–Crippen LogP) is 2.55. The van der Waals surface area contributed by atoms with E-state index in [1.807, 2.05) is 0 Å². The smallest absolute Gasteiger partial charge is 0.339 e. The Labute approximate surface area is 115 Å². The monoisotopic (exact) mass is 299 g/mol. The Kier molecular flexibility index (Phi) is 3.99. The number of carbonyl (C=O) groups is 1. The van der Waals surface area contributed by atoms with Crippen molar-refractivity contribution in [3.05, 3.63) is 47.5 Å². The van der Waals surface area contributed by atoms with E-state index in [2.05, 4.69) is 5.32 Å². The van der Waals surface area contributed by atoms with Crippen molar-refractivity contribution in [2.75, 3.05) is 7.05 Å². The average Bonchev–Trinajstić information content (AvgIpc) is 2.44. The van der Waals surface area contributed by atoms with Gasteiger partial charge in [-0.05, 0) is 29.0 Å². The van der Waals surface area contributed by atoms with Gasteiger partial charge in [0.1, 0.15) is 0 Å².